The summed E-state index contributed by atoms with van der Waals surface area (Å²) in [5.74, 6) is 0.457. The van der Waals surface area contributed by atoms with Gasteiger partial charge in [-0.2, -0.15) is 0 Å². The summed E-state index contributed by atoms with van der Waals surface area (Å²) in [6, 6.07) is 8.14. The van der Waals surface area contributed by atoms with Crippen LogP contribution in [-0.4, -0.2) is 59.4 Å². The maximum atomic E-state index is 13.0. The van der Waals surface area contributed by atoms with E-state index in [1.807, 2.05) is 13.0 Å². The number of fused-ring (bicyclic) bond motifs is 1. The van der Waals surface area contributed by atoms with E-state index in [1.165, 1.54) is 4.90 Å². The number of likely N-dealkylation sites (N-methyl/N-ethyl adjacent to an activating group) is 1. The first-order valence-electron chi connectivity index (χ1n) is 10.8. The van der Waals surface area contributed by atoms with Crippen LogP contribution in [0.25, 0.3) is 5.76 Å². The molecule has 1 N–H and O–H groups in total. The molecule has 2 aromatic rings. The lowest BCUT2D eigenvalue weighted by Crippen LogP contribution is -2.37. The van der Waals surface area contributed by atoms with Gasteiger partial charge >= 0.3 is 0 Å². The average molecular weight is 424 g/mol. The van der Waals surface area contributed by atoms with Crippen LogP contribution in [0.1, 0.15) is 42.5 Å². The molecule has 1 saturated heterocycles. The van der Waals surface area contributed by atoms with E-state index in [9.17, 15) is 14.7 Å². The number of hydrogen-bond donors (Lipinski definition) is 1. The van der Waals surface area contributed by atoms with Gasteiger partial charge in [-0.1, -0.05) is 13.8 Å². The number of rotatable bonds is 7. The molecule has 1 atom stereocenters. The molecule has 7 nitrogen and oxygen atoms in total. The van der Waals surface area contributed by atoms with Crippen LogP contribution in [0.2, 0.25) is 0 Å². The number of benzene rings is 1. The molecule has 164 valence electrons. The first-order valence-corrected chi connectivity index (χ1v) is 10.8. The van der Waals surface area contributed by atoms with Crippen LogP contribution in [0.4, 0.5) is 0 Å². The standard InChI is InChI=1S/C24H28N2O5/c1-4-25(5-2)11-12-26-21(19-8-6-15(3)31-19)20(23(28)24(26)29)22(27)17-7-9-18-16(14-17)10-13-30-18/h6-9,14,21,27H,4-5,10-13H2,1-3H3/b22-20-. The maximum absolute atomic E-state index is 13.0. The Morgan fingerprint density at radius 3 is 2.65 bits per heavy atom. The number of nitrogens with zero attached hydrogens (tertiary/aromatic N) is 2. The third-order valence-electron chi connectivity index (χ3n) is 6.09. The van der Waals surface area contributed by atoms with Crippen LogP contribution in [0.15, 0.2) is 40.3 Å². The summed E-state index contributed by atoms with van der Waals surface area (Å²) >= 11 is 0. The van der Waals surface area contributed by atoms with Gasteiger partial charge in [0.05, 0.1) is 12.2 Å². The number of hydrogen-bond acceptors (Lipinski definition) is 6. The van der Waals surface area contributed by atoms with Crippen LogP contribution < -0.4 is 4.74 Å². The number of aliphatic hydroxyl groups excluding tert-OH is 1. The van der Waals surface area contributed by atoms with Crippen molar-refractivity contribution in [1.29, 1.82) is 0 Å². The van der Waals surface area contributed by atoms with Gasteiger partial charge in [0.1, 0.15) is 29.1 Å². The SMILES string of the molecule is CCN(CC)CCN1C(=O)C(=O)/C(=C(\O)c2ccc3c(c2)CCO3)C1c1ccc(C)o1. The van der Waals surface area contributed by atoms with E-state index in [0.29, 0.717) is 36.8 Å². The minimum absolute atomic E-state index is 0.0674. The molecule has 0 saturated carbocycles. The second kappa shape index (κ2) is 8.59. The molecule has 31 heavy (non-hydrogen) atoms. The van der Waals surface area contributed by atoms with Gasteiger partial charge in [-0.05, 0) is 55.9 Å². The fraction of sp³-hybridized carbons (Fsp3) is 0.417. The van der Waals surface area contributed by atoms with E-state index in [2.05, 4.69) is 18.7 Å². The Morgan fingerprint density at radius 1 is 1.19 bits per heavy atom. The highest BCUT2D eigenvalue weighted by Crippen LogP contribution is 2.40. The number of aryl methyl sites for hydroxylation is 1. The average Bonchev–Trinajstić information content (AvgIpc) is 3.47. The number of carbonyl (C=O) groups excluding carboxylic acids is 2. The number of carbonyl (C=O) groups is 2. The summed E-state index contributed by atoms with van der Waals surface area (Å²) in [4.78, 5) is 29.7. The Bertz CT molecular complexity index is 1030. The fourth-order valence-corrected chi connectivity index (χ4v) is 4.29. The number of ketones is 1. The van der Waals surface area contributed by atoms with E-state index in [4.69, 9.17) is 9.15 Å². The molecule has 1 amide bonds. The molecule has 0 radical (unpaired) electrons. The number of amides is 1. The zero-order valence-corrected chi connectivity index (χ0v) is 18.2. The molecule has 0 aliphatic carbocycles. The number of furan rings is 1. The molecule has 0 bridgehead atoms. The number of aliphatic hydroxyl groups is 1. The third-order valence-corrected chi connectivity index (χ3v) is 6.09. The van der Waals surface area contributed by atoms with Crippen LogP contribution in [0.3, 0.4) is 0 Å². The molecular weight excluding hydrogens is 396 g/mol. The second-order valence-corrected chi connectivity index (χ2v) is 7.89. The van der Waals surface area contributed by atoms with E-state index in [-0.39, 0.29) is 11.3 Å². The Labute approximate surface area is 181 Å². The molecule has 3 heterocycles. The van der Waals surface area contributed by atoms with Crippen molar-refractivity contribution < 1.29 is 23.8 Å². The Balaban J connectivity index is 1.76. The summed E-state index contributed by atoms with van der Waals surface area (Å²) < 4.78 is 11.4. The van der Waals surface area contributed by atoms with Crippen molar-refractivity contribution in [3.05, 3.63) is 58.6 Å². The largest absolute Gasteiger partial charge is 0.507 e. The van der Waals surface area contributed by atoms with Crippen molar-refractivity contribution in [1.82, 2.24) is 9.80 Å². The van der Waals surface area contributed by atoms with Gasteiger partial charge < -0.3 is 24.1 Å². The van der Waals surface area contributed by atoms with Crippen molar-refractivity contribution in [2.45, 2.75) is 33.2 Å². The number of likely N-dealkylation sites (tertiary alicyclic amines) is 1. The highest BCUT2D eigenvalue weighted by Gasteiger charge is 2.47. The van der Waals surface area contributed by atoms with Gasteiger partial charge in [-0.15, -0.1) is 0 Å². The van der Waals surface area contributed by atoms with E-state index >= 15 is 0 Å². The topological polar surface area (TPSA) is 83.2 Å². The van der Waals surface area contributed by atoms with E-state index in [0.717, 1.165) is 30.8 Å². The maximum Gasteiger partial charge on any atom is 0.295 e. The lowest BCUT2D eigenvalue weighted by Gasteiger charge is -2.26. The first-order chi connectivity index (χ1) is 14.9. The zero-order valence-electron chi connectivity index (χ0n) is 18.2. The van der Waals surface area contributed by atoms with Crippen molar-refractivity contribution in [2.75, 3.05) is 32.8 Å². The van der Waals surface area contributed by atoms with E-state index in [1.54, 1.807) is 24.3 Å². The van der Waals surface area contributed by atoms with Crippen molar-refractivity contribution in [2.24, 2.45) is 0 Å². The summed E-state index contributed by atoms with van der Waals surface area (Å²) in [6.45, 7) is 9.22. The summed E-state index contributed by atoms with van der Waals surface area (Å²) in [7, 11) is 0. The fourth-order valence-electron chi connectivity index (χ4n) is 4.29. The molecule has 1 unspecified atom stereocenters. The van der Waals surface area contributed by atoms with Crippen molar-refractivity contribution in [3.8, 4) is 5.75 Å². The van der Waals surface area contributed by atoms with Crippen LogP contribution in [-0.2, 0) is 16.0 Å². The predicted octanol–water partition coefficient (Wildman–Crippen LogP) is 3.29. The molecule has 1 aromatic carbocycles. The molecule has 0 spiro atoms. The monoisotopic (exact) mass is 424 g/mol. The molecule has 1 fully saturated rings. The molecule has 1 aromatic heterocycles. The number of ether oxygens (including phenoxy) is 1. The third kappa shape index (κ3) is 3.85. The zero-order chi connectivity index (χ0) is 22.1. The van der Waals surface area contributed by atoms with Crippen molar-refractivity contribution in [3.63, 3.8) is 0 Å². The highest BCUT2D eigenvalue weighted by atomic mass is 16.5. The molecule has 2 aliphatic heterocycles. The predicted molar refractivity (Wildman–Crippen MR) is 116 cm³/mol. The van der Waals surface area contributed by atoms with Crippen LogP contribution in [0, 0.1) is 6.92 Å². The van der Waals surface area contributed by atoms with Gasteiger partial charge in [0.2, 0.25) is 0 Å². The Hall–Kier alpha value is -3.06. The smallest absolute Gasteiger partial charge is 0.295 e. The summed E-state index contributed by atoms with van der Waals surface area (Å²) in [5.41, 5.74) is 1.54. The highest BCUT2D eigenvalue weighted by molar-refractivity contribution is 6.46. The van der Waals surface area contributed by atoms with E-state index < -0.39 is 17.7 Å². The van der Waals surface area contributed by atoms with Gasteiger partial charge in [-0.3, -0.25) is 9.59 Å². The summed E-state index contributed by atoms with van der Waals surface area (Å²) in [6.07, 6.45) is 0.746. The Kier molecular flexibility index (Phi) is 5.87. The first kappa shape index (κ1) is 21.2. The Morgan fingerprint density at radius 2 is 1.97 bits per heavy atom. The van der Waals surface area contributed by atoms with Crippen LogP contribution >= 0.6 is 0 Å². The minimum Gasteiger partial charge on any atom is -0.507 e. The number of Topliss-reactive ketones (excluding diaryl/α,β-unsaturated/α-hetero) is 1. The second-order valence-electron chi connectivity index (χ2n) is 7.89. The quantitative estimate of drug-likeness (QED) is 0.417. The normalized spacial score (nSPS) is 19.9. The minimum atomic E-state index is -0.756. The van der Waals surface area contributed by atoms with Gasteiger partial charge in [0, 0.05) is 25.1 Å². The van der Waals surface area contributed by atoms with Crippen molar-refractivity contribution >= 4 is 17.4 Å². The van der Waals surface area contributed by atoms with Gasteiger partial charge in [-0.25, -0.2) is 0 Å². The molecule has 2 aliphatic rings. The molecule has 7 heteroatoms. The summed E-state index contributed by atoms with van der Waals surface area (Å²) in [5, 5.41) is 11.2. The van der Waals surface area contributed by atoms with Crippen LogP contribution in [0.5, 0.6) is 5.75 Å². The molecule has 4 rings (SSSR count). The molecular formula is C24H28N2O5. The van der Waals surface area contributed by atoms with Gasteiger partial charge in [0.15, 0.2) is 0 Å². The lowest BCUT2D eigenvalue weighted by molar-refractivity contribution is -0.140. The van der Waals surface area contributed by atoms with Gasteiger partial charge in [0.25, 0.3) is 11.7 Å². The lowest BCUT2D eigenvalue weighted by atomic mass is 9.98.